The summed E-state index contributed by atoms with van der Waals surface area (Å²) in [5.74, 6) is 2.05. The Bertz CT molecular complexity index is 5830. The fourth-order valence-corrected chi connectivity index (χ4v) is 14.8. The molecule has 15 rings (SSSR count). The van der Waals surface area contributed by atoms with E-state index in [9.17, 15) is 5.48 Å². The van der Waals surface area contributed by atoms with Gasteiger partial charge in [0.05, 0.1) is 0 Å². The zero-order valence-corrected chi connectivity index (χ0v) is 58.2. The molecule has 4 aromatic heterocycles. The van der Waals surface area contributed by atoms with Crippen molar-refractivity contribution in [1.82, 2.24) is 23.1 Å². The van der Waals surface area contributed by atoms with Crippen LogP contribution < -0.4 is 4.74 Å². The quantitative estimate of drug-likeness (QED) is 0.145. The van der Waals surface area contributed by atoms with E-state index in [1.807, 2.05) is 6.20 Å². The molecule has 11 aromatic carbocycles. The number of ether oxygens (including phenoxy) is 1. The summed E-state index contributed by atoms with van der Waals surface area (Å²) >= 11 is 2.50. The molecule has 0 aliphatic rings. The van der Waals surface area contributed by atoms with Gasteiger partial charge in [0.15, 0.2) is 0 Å². The van der Waals surface area contributed by atoms with Gasteiger partial charge in [-0.05, 0) is 17.0 Å². The number of nitrogens with zero attached hydrogens (tertiary/aromatic N) is 5. The molecule has 0 saturated carbocycles. The van der Waals surface area contributed by atoms with Crippen molar-refractivity contribution < 1.29 is 30.9 Å². The zero-order valence-electron chi connectivity index (χ0n) is 60.9. The molecule has 7 heteroatoms. The Morgan fingerprint density at radius 1 is 0.347 bits per heavy atom. The Morgan fingerprint density at radius 2 is 0.832 bits per heavy atom. The Hall–Kier alpha value is -9.87. The fourth-order valence-electron chi connectivity index (χ4n) is 13.7. The predicted octanol–water partition coefficient (Wildman–Crippen LogP) is 23.8. The minimum atomic E-state index is -0.464. The number of fused-ring (bicyclic) bond motifs is 7. The normalized spacial score (nSPS) is 13.2. The van der Waals surface area contributed by atoms with Crippen LogP contribution in [0.5, 0.6) is 11.5 Å². The van der Waals surface area contributed by atoms with Crippen LogP contribution in [0.3, 0.4) is 0 Å². The molecule has 0 fully saturated rings. The minimum absolute atomic E-state index is 0.109. The van der Waals surface area contributed by atoms with Gasteiger partial charge in [0, 0.05) is 6.20 Å². The van der Waals surface area contributed by atoms with Crippen molar-refractivity contribution in [2.75, 3.05) is 0 Å². The molecule has 0 radical (unpaired) electrons. The van der Waals surface area contributed by atoms with E-state index in [0.717, 1.165) is 126 Å². The zero-order chi connectivity index (χ0) is 70.2. The first-order chi connectivity index (χ1) is 47.6. The second kappa shape index (κ2) is 23.2. The van der Waals surface area contributed by atoms with Crippen molar-refractivity contribution in [3.05, 3.63) is 287 Å². The van der Waals surface area contributed by atoms with Crippen LogP contribution in [-0.4, -0.2) is 23.1 Å². The fraction of sp³-hybridized carbons (Fsp3) is 0.182. The van der Waals surface area contributed by atoms with Crippen molar-refractivity contribution in [3.63, 3.8) is 0 Å². The van der Waals surface area contributed by atoms with Gasteiger partial charge < -0.3 is 0 Å². The average Bonchev–Trinajstić information content (AvgIpc) is 1.49. The van der Waals surface area contributed by atoms with Gasteiger partial charge in [-0.3, -0.25) is 0 Å². The summed E-state index contributed by atoms with van der Waals surface area (Å²) in [4.78, 5) is 5.02. The van der Waals surface area contributed by atoms with Crippen LogP contribution in [0.1, 0.15) is 112 Å². The summed E-state index contributed by atoms with van der Waals surface area (Å²) in [6.45, 7) is 26.7. The van der Waals surface area contributed by atoms with Gasteiger partial charge >= 0.3 is 523 Å². The van der Waals surface area contributed by atoms with Crippen molar-refractivity contribution in [3.8, 4) is 73.2 Å². The number of para-hydroxylation sites is 4. The average molecular weight is 1420 g/mol. The monoisotopic (exact) mass is 1420 g/mol. The maximum atomic E-state index is 9.93. The number of rotatable bonds is 9. The number of hydrogen-bond acceptors (Lipinski definition) is 2. The third kappa shape index (κ3) is 10.9. The summed E-state index contributed by atoms with van der Waals surface area (Å²) in [5, 5.41) is 4.12. The number of benzene rings is 11. The van der Waals surface area contributed by atoms with Crippen LogP contribution in [0, 0.1) is 3.80 Å². The molecule has 0 aliphatic carbocycles. The van der Waals surface area contributed by atoms with Gasteiger partial charge in [0.1, 0.15) is 0 Å². The molecular weight excluding hydrogens is 1340 g/mol. The second-order valence-electron chi connectivity index (χ2n) is 29.3. The van der Waals surface area contributed by atoms with Crippen LogP contribution in [0.15, 0.2) is 261 Å². The first-order valence-corrected chi connectivity index (χ1v) is 33.9. The summed E-state index contributed by atoms with van der Waals surface area (Å²) in [6, 6.07) is 78.1. The summed E-state index contributed by atoms with van der Waals surface area (Å²) in [6.07, 6.45) is 1.91. The molecule has 0 amide bonds. The molecule has 0 saturated heterocycles. The van der Waals surface area contributed by atoms with Gasteiger partial charge in [0.25, 0.3) is 0 Å². The predicted molar refractivity (Wildman–Crippen MR) is 396 cm³/mol. The van der Waals surface area contributed by atoms with Gasteiger partial charge in [-0.15, -0.1) is 0 Å². The molecule has 4 heterocycles. The molecule has 6 nitrogen and oxygen atoms in total. The van der Waals surface area contributed by atoms with Crippen LogP contribution in [0.2, 0.25) is 0 Å². The van der Waals surface area contributed by atoms with E-state index < -0.39 is 23.5 Å². The molecule has 0 unspecified atom stereocenters. The number of pyridine rings is 1. The summed E-state index contributed by atoms with van der Waals surface area (Å²) in [7, 11) is 0. The maximum absolute atomic E-state index is 9.93. The Labute approximate surface area is 575 Å². The van der Waals surface area contributed by atoms with E-state index in [1.54, 1.807) is 0 Å². The van der Waals surface area contributed by atoms with Gasteiger partial charge in [-0.1, -0.05) is 32.9 Å². The standard InChI is InChI=1S/C88H79N5O.Pt/c1-85(2,3)61-46-47-89-81(53-61)92-75-39-24-22-34-69(75)71-44-42-65(54-79(71)92)94-66-43-45-77-80(55-66)91-56-90(82-73(59-32-20-15-21-33-59)51-64(88(10,11)12)52-74(82)60-48-62(86(4,5)6)50-63(49-60)87(7,8)9)78-41-27-38-72(84(78)91)70-35-23-25-40-76(70)93(77)83-67(57-28-16-13-17-29-57)36-26-37-68(83)58-30-18-14-19-31-58;/h13-55H,1-12H3;/i15D,20D,21D,32D,33D;. The van der Waals surface area contributed by atoms with Crippen molar-refractivity contribution in [1.29, 1.82) is 0 Å². The molecule has 0 N–H and O–H groups in total. The van der Waals surface area contributed by atoms with E-state index >= 15 is 0 Å². The first-order valence-electron chi connectivity index (χ1n) is 35.3. The molecule has 472 valence electrons. The van der Waals surface area contributed by atoms with Gasteiger partial charge in [-0.25, -0.2) is 0 Å². The first kappa shape index (κ1) is 55.6. The molecule has 15 aromatic rings. The van der Waals surface area contributed by atoms with Crippen LogP contribution in [-0.2, 0) is 41.0 Å². The van der Waals surface area contributed by atoms with E-state index in [-0.39, 0.29) is 33.9 Å². The molecule has 0 aliphatic heterocycles. The molecule has 0 bridgehead atoms. The SMILES string of the molecule is [2H]c1c([2H])c([2H])c(-c2cc(C(C)(C)C)cc(-c3cc(C(C)(C)C)cc(C(C)(C)C)c3)c2-n2[c](=[Pt])n3c4cc(Oc5ccc6c7ccccc7n(-c7cc(C(C)(C)C)ccn7)c6c5)ccc4n(-c4c(-c5ccccc5)cccc4-c4ccccc4)c4ccccc4c4cccc2c43)c([2H])c1[2H]. The van der Waals surface area contributed by atoms with E-state index in [2.05, 4.69) is 345 Å². The third-order valence-corrected chi connectivity index (χ3v) is 19.8. The molecule has 0 atom stereocenters. The van der Waals surface area contributed by atoms with Crippen LogP contribution in [0.25, 0.3) is 122 Å². The van der Waals surface area contributed by atoms with Crippen molar-refractivity contribution in [2.45, 2.75) is 105 Å². The second-order valence-corrected chi connectivity index (χ2v) is 30.3. The number of aromatic nitrogens is 5. The van der Waals surface area contributed by atoms with E-state index in [1.165, 1.54) is 5.56 Å². The third-order valence-electron chi connectivity index (χ3n) is 18.8. The van der Waals surface area contributed by atoms with E-state index in [0.29, 0.717) is 22.7 Å². The van der Waals surface area contributed by atoms with Gasteiger partial charge in [-0.2, -0.15) is 0 Å². The Balaban J connectivity index is 1.13. The summed E-state index contributed by atoms with van der Waals surface area (Å²) < 4.78 is 64.9. The van der Waals surface area contributed by atoms with Crippen molar-refractivity contribution >= 4 is 60.2 Å². The van der Waals surface area contributed by atoms with Crippen LogP contribution in [0.4, 0.5) is 0 Å². The molecule has 0 spiro atoms. The molecular formula is C88H79N5OPt. The summed E-state index contributed by atoms with van der Waals surface area (Å²) in [5.41, 5.74) is 17.9. The number of hydrogen-bond donors (Lipinski definition) is 0. The van der Waals surface area contributed by atoms with Crippen molar-refractivity contribution in [2.24, 2.45) is 0 Å². The van der Waals surface area contributed by atoms with E-state index in [4.69, 9.17) is 11.1 Å². The topological polar surface area (TPSA) is 41.3 Å². The van der Waals surface area contributed by atoms with Gasteiger partial charge in [0.2, 0.25) is 0 Å². The van der Waals surface area contributed by atoms with Crippen LogP contribution >= 0.6 is 0 Å². The number of imidazole rings is 1. The molecule has 95 heavy (non-hydrogen) atoms. The Morgan fingerprint density at radius 3 is 1.44 bits per heavy atom. The Kier molecular flexibility index (Phi) is 13.6.